The third kappa shape index (κ3) is 2.33. The molecule has 0 amide bonds. The average Bonchev–Trinajstić information content (AvgIpc) is 2.92. The monoisotopic (exact) mass is 289 g/mol. The predicted molar refractivity (Wildman–Crippen MR) is 79.7 cm³/mol. The Kier molecular flexibility index (Phi) is 3.21. The van der Waals surface area contributed by atoms with Crippen LogP contribution in [0.5, 0.6) is 0 Å². The van der Waals surface area contributed by atoms with Crippen LogP contribution in [0.2, 0.25) is 5.15 Å². The largest absolute Gasteiger partial charge is 0.252 e. The van der Waals surface area contributed by atoms with Gasteiger partial charge in [0.15, 0.2) is 5.82 Å². The summed E-state index contributed by atoms with van der Waals surface area (Å²) in [6, 6.07) is 6.16. The van der Waals surface area contributed by atoms with Crippen molar-refractivity contribution in [2.45, 2.75) is 19.8 Å². The quantitative estimate of drug-likeness (QED) is 0.651. The predicted octanol–water partition coefficient (Wildman–Crippen LogP) is 4.53. The number of hydrogen-bond donors (Lipinski definition) is 0. The maximum absolute atomic E-state index is 6.29. The van der Waals surface area contributed by atoms with Crippen LogP contribution >= 0.6 is 22.9 Å². The van der Waals surface area contributed by atoms with Gasteiger partial charge in [-0.25, -0.2) is 9.97 Å². The van der Waals surface area contributed by atoms with Crippen molar-refractivity contribution in [3.05, 3.63) is 40.6 Å². The maximum atomic E-state index is 6.29. The summed E-state index contributed by atoms with van der Waals surface area (Å²) < 4.78 is 0. The Balaban J connectivity index is 2.20. The van der Waals surface area contributed by atoms with Gasteiger partial charge in [0.1, 0.15) is 5.15 Å². The van der Waals surface area contributed by atoms with Crippen molar-refractivity contribution in [1.29, 1.82) is 0 Å². The summed E-state index contributed by atoms with van der Waals surface area (Å²) in [6.07, 6.45) is 1.75. The highest BCUT2D eigenvalue weighted by Gasteiger charge is 2.10. The van der Waals surface area contributed by atoms with Gasteiger partial charge in [-0.3, -0.25) is 4.98 Å². The van der Waals surface area contributed by atoms with Crippen molar-refractivity contribution in [2.75, 3.05) is 0 Å². The minimum atomic E-state index is 0.460. The zero-order chi connectivity index (χ0) is 13.4. The zero-order valence-electron chi connectivity index (χ0n) is 10.6. The smallest absolute Gasteiger partial charge is 0.173 e. The summed E-state index contributed by atoms with van der Waals surface area (Å²) in [4.78, 5) is 13.9. The molecule has 0 aliphatic rings. The van der Waals surface area contributed by atoms with Crippen LogP contribution in [0.3, 0.4) is 0 Å². The van der Waals surface area contributed by atoms with E-state index in [0.29, 0.717) is 16.9 Å². The van der Waals surface area contributed by atoms with E-state index >= 15 is 0 Å². The Morgan fingerprint density at radius 2 is 2.05 bits per heavy atom. The van der Waals surface area contributed by atoms with E-state index in [1.165, 1.54) is 16.9 Å². The van der Waals surface area contributed by atoms with E-state index in [1.807, 2.05) is 6.07 Å². The molecule has 0 atom stereocenters. The van der Waals surface area contributed by atoms with Gasteiger partial charge in [0.05, 0.1) is 15.9 Å². The van der Waals surface area contributed by atoms with E-state index in [1.54, 1.807) is 11.7 Å². The minimum absolute atomic E-state index is 0.460. The molecule has 3 nitrogen and oxygen atoms in total. The van der Waals surface area contributed by atoms with Crippen LogP contribution in [0, 0.1) is 0 Å². The number of halogens is 1. The van der Waals surface area contributed by atoms with E-state index < -0.39 is 0 Å². The molecule has 0 saturated heterocycles. The van der Waals surface area contributed by atoms with Gasteiger partial charge in [0.25, 0.3) is 0 Å². The molecule has 2 aromatic heterocycles. The lowest BCUT2D eigenvalue weighted by Gasteiger charge is -2.08. The number of aromatic nitrogens is 3. The molecule has 96 valence electrons. The Morgan fingerprint density at radius 3 is 2.74 bits per heavy atom. The first-order valence-corrected chi connectivity index (χ1v) is 7.27. The van der Waals surface area contributed by atoms with Gasteiger partial charge in [-0.2, -0.15) is 0 Å². The first kappa shape index (κ1) is 12.5. The molecule has 0 aliphatic heterocycles. The van der Waals surface area contributed by atoms with Crippen LogP contribution in [0.25, 0.3) is 21.6 Å². The number of rotatable bonds is 2. The molecule has 0 saturated carbocycles. The molecule has 0 bridgehead atoms. The highest BCUT2D eigenvalue weighted by atomic mass is 35.5. The van der Waals surface area contributed by atoms with Gasteiger partial charge < -0.3 is 0 Å². The van der Waals surface area contributed by atoms with Crippen LogP contribution in [-0.2, 0) is 0 Å². The van der Waals surface area contributed by atoms with Crippen LogP contribution in [-0.4, -0.2) is 15.0 Å². The maximum Gasteiger partial charge on any atom is 0.173 e. The molecule has 0 fully saturated rings. The second kappa shape index (κ2) is 4.87. The Morgan fingerprint density at radius 1 is 1.21 bits per heavy atom. The van der Waals surface area contributed by atoms with Crippen molar-refractivity contribution >= 4 is 33.8 Å². The van der Waals surface area contributed by atoms with Crippen LogP contribution in [0.4, 0.5) is 0 Å². The Hall–Kier alpha value is -1.52. The fourth-order valence-corrected chi connectivity index (χ4v) is 2.69. The molecule has 3 rings (SSSR count). The highest BCUT2D eigenvalue weighted by Crippen LogP contribution is 2.28. The second-order valence-electron chi connectivity index (χ2n) is 4.63. The van der Waals surface area contributed by atoms with Crippen molar-refractivity contribution < 1.29 is 0 Å². The van der Waals surface area contributed by atoms with Gasteiger partial charge in [-0.15, -0.1) is 11.3 Å². The van der Waals surface area contributed by atoms with Crippen molar-refractivity contribution in [3.63, 3.8) is 0 Å². The van der Waals surface area contributed by atoms with E-state index in [0.717, 1.165) is 15.8 Å². The minimum Gasteiger partial charge on any atom is -0.252 e. The summed E-state index contributed by atoms with van der Waals surface area (Å²) in [5.41, 5.74) is 3.87. The second-order valence-corrected chi connectivity index (χ2v) is 5.88. The van der Waals surface area contributed by atoms with E-state index in [9.17, 15) is 0 Å². The fourth-order valence-electron chi connectivity index (χ4n) is 1.90. The van der Waals surface area contributed by atoms with E-state index in [-0.39, 0.29) is 0 Å². The van der Waals surface area contributed by atoms with Crippen LogP contribution < -0.4 is 0 Å². The summed E-state index contributed by atoms with van der Waals surface area (Å²) in [5.74, 6) is 1.10. The van der Waals surface area contributed by atoms with Gasteiger partial charge >= 0.3 is 0 Å². The molecule has 0 spiro atoms. The number of benzene rings is 1. The van der Waals surface area contributed by atoms with Crippen molar-refractivity contribution in [1.82, 2.24) is 15.0 Å². The summed E-state index contributed by atoms with van der Waals surface area (Å²) in [5, 5.41) is 1.40. The molecule has 0 radical (unpaired) electrons. The lowest BCUT2D eigenvalue weighted by Crippen LogP contribution is -1.93. The van der Waals surface area contributed by atoms with E-state index in [4.69, 9.17) is 11.6 Å². The van der Waals surface area contributed by atoms with Gasteiger partial charge in [-0.05, 0) is 23.6 Å². The molecule has 19 heavy (non-hydrogen) atoms. The summed E-state index contributed by atoms with van der Waals surface area (Å²) in [7, 11) is 0. The molecule has 2 heterocycles. The number of hydrogen-bond acceptors (Lipinski definition) is 4. The first-order valence-electron chi connectivity index (χ1n) is 6.01. The zero-order valence-corrected chi connectivity index (χ0v) is 12.2. The summed E-state index contributed by atoms with van der Waals surface area (Å²) in [6.45, 7) is 4.31. The molecule has 0 N–H and O–H groups in total. The van der Waals surface area contributed by atoms with Gasteiger partial charge in [0.2, 0.25) is 0 Å². The third-order valence-electron chi connectivity index (χ3n) is 2.99. The Labute approximate surface area is 120 Å². The standard InChI is InChI=1S/C14H12ClN3S/c1-8(2)9-3-4-11-10(5-9)13(15)18-14(17-11)12-6-16-7-19-12/h3-8H,1-2H3. The molecule has 1 aromatic carbocycles. The van der Waals surface area contributed by atoms with E-state index in [2.05, 4.69) is 40.9 Å². The topological polar surface area (TPSA) is 38.7 Å². The molecule has 5 heteroatoms. The molecule has 0 unspecified atom stereocenters. The number of fused-ring (bicyclic) bond motifs is 1. The van der Waals surface area contributed by atoms with Crippen molar-refractivity contribution in [3.8, 4) is 10.7 Å². The lowest BCUT2D eigenvalue weighted by atomic mass is 10.0. The fraction of sp³-hybridized carbons (Fsp3) is 0.214. The van der Waals surface area contributed by atoms with Crippen LogP contribution in [0.1, 0.15) is 25.3 Å². The lowest BCUT2D eigenvalue weighted by molar-refractivity contribution is 0.868. The number of nitrogens with zero attached hydrogens (tertiary/aromatic N) is 3. The van der Waals surface area contributed by atoms with Gasteiger partial charge in [0, 0.05) is 11.6 Å². The normalized spacial score (nSPS) is 11.4. The summed E-state index contributed by atoms with van der Waals surface area (Å²) >= 11 is 7.80. The molecular weight excluding hydrogens is 278 g/mol. The van der Waals surface area contributed by atoms with Gasteiger partial charge in [-0.1, -0.05) is 31.5 Å². The van der Waals surface area contributed by atoms with Crippen molar-refractivity contribution in [2.24, 2.45) is 0 Å². The Bertz CT molecular complexity index is 723. The SMILES string of the molecule is CC(C)c1ccc2nc(-c3cncs3)nc(Cl)c2c1. The third-order valence-corrected chi connectivity index (χ3v) is 4.05. The average molecular weight is 290 g/mol. The first-order chi connectivity index (χ1) is 9.15. The molecule has 0 aliphatic carbocycles. The molecule has 3 aromatic rings. The van der Waals surface area contributed by atoms with Crippen LogP contribution in [0.15, 0.2) is 29.9 Å². The highest BCUT2D eigenvalue weighted by molar-refractivity contribution is 7.13. The number of thiazole rings is 1. The molecular formula is C14H12ClN3S.